The van der Waals surface area contributed by atoms with Gasteiger partial charge in [-0.05, 0) is 56.0 Å². The number of carbonyl (C=O) groups is 1. The van der Waals surface area contributed by atoms with Gasteiger partial charge in [-0.25, -0.2) is 0 Å². The Morgan fingerprint density at radius 2 is 2.10 bits per heavy atom. The molecule has 1 aromatic rings. The molecule has 118 valence electrons. The van der Waals surface area contributed by atoms with Crippen molar-refractivity contribution in [2.75, 3.05) is 26.2 Å². The van der Waals surface area contributed by atoms with Crippen LogP contribution in [0.3, 0.4) is 0 Å². The van der Waals surface area contributed by atoms with Crippen molar-refractivity contribution in [2.45, 2.75) is 26.7 Å². The fraction of sp³-hybridized carbons (Fsp3) is 0.562. The normalized spacial score (nSPS) is 21.2. The highest BCUT2D eigenvalue weighted by Crippen LogP contribution is 2.24. The quantitative estimate of drug-likeness (QED) is 0.879. The minimum absolute atomic E-state index is 0. The molecule has 0 bridgehead atoms. The van der Waals surface area contributed by atoms with Crippen LogP contribution in [0.1, 0.15) is 37.0 Å². The minimum atomic E-state index is -0.0140. The van der Waals surface area contributed by atoms with Crippen LogP contribution in [0.15, 0.2) is 24.3 Å². The fourth-order valence-corrected chi connectivity index (χ4v) is 2.53. The topological polar surface area (TPSA) is 50.4 Å². The van der Waals surface area contributed by atoms with Gasteiger partial charge in [0, 0.05) is 18.7 Å². The first-order valence-electron chi connectivity index (χ1n) is 7.35. The maximum absolute atomic E-state index is 12.1. The SMILES string of the molecule is CCOc1ccc(C(=O)NCC2(C)CCCNC2)cc1.Cl. The van der Waals surface area contributed by atoms with Crippen molar-refractivity contribution < 1.29 is 9.53 Å². The molecule has 1 aliphatic heterocycles. The summed E-state index contributed by atoms with van der Waals surface area (Å²) in [5.41, 5.74) is 0.847. The number of nitrogens with one attached hydrogen (secondary N) is 2. The first-order chi connectivity index (χ1) is 9.63. The number of benzene rings is 1. The van der Waals surface area contributed by atoms with E-state index in [-0.39, 0.29) is 23.7 Å². The molecule has 1 aliphatic rings. The Morgan fingerprint density at radius 1 is 1.38 bits per heavy atom. The molecule has 0 radical (unpaired) electrons. The Balaban J connectivity index is 0.00000220. The second kappa shape index (κ2) is 8.25. The summed E-state index contributed by atoms with van der Waals surface area (Å²) in [6.45, 7) is 7.57. The number of rotatable bonds is 5. The molecule has 1 unspecified atom stereocenters. The van der Waals surface area contributed by atoms with E-state index in [0.29, 0.717) is 18.7 Å². The number of amides is 1. The van der Waals surface area contributed by atoms with E-state index in [1.54, 1.807) is 0 Å². The van der Waals surface area contributed by atoms with Gasteiger partial charge in [0.05, 0.1) is 6.61 Å². The highest BCUT2D eigenvalue weighted by Gasteiger charge is 2.27. The van der Waals surface area contributed by atoms with Crippen molar-refractivity contribution >= 4 is 18.3 Å². The Morgan fingerprint density at radius 3 is 2.67 bits per heavy atom. The molecule has 0 spiro atoms. The summed E-state index contributed by atoms with van der Waals surface area (Å²) in [6.07, 6.45) is 2.33. The molecule has 1 fully saturated rings. The third-order valence-corrected chi connectivity index (χ3v) is 3.79. The van der Waals surface area contributed by atoms with Crippen molar-refractivity contribution in [3.05, 3.63) is 29.8 Å². The second-order valence-electron chi connectivity index (χ2n) is 5.73. The maximum Gasteiger partial charge on any atom is 0.251 e. The summed E-state index contributed by atoms with van der Waals surface area (Å²) in [7, 11) is 0. The van der Waals surface area contributed by atoms with Gasteiger partial charge in [-0.1, -0.05) is 6.92 Å². The van der Waals surface area contributed by atoms with Crippen LogP contribution in [0.5, 0.6) is 5.75 Å². The van der Waals surface area contributed by atoms with Crippen LogP contribution in [-0.4, -0.2) is 32.1 Å². The Labute approximate surface area is 133 Å². The molecule has 0 saturated carbocycles. The van der Waals surface area contributed by atoms with E-state index in [4.69, 9.17) is 4.74 Å². The Bertz CT molecular complexity index is 442. The average Bonchev–Trinajstić information content (AvgIpc) is 2.47. The molecule has 1 amide bonds. The number of carbonyl (C=O) groups excluding carboxylic acids is 1. The van der Waals surface area contributed by atoms with Crippen molar-refractivity contribution in [3.8, 4) is 5.75 Å². The van der Waals surface area contributed by atoms with Gasteiger partial charge in [-0.3, -0.25) is 4.79 Å². The van der Waals surface area contributed by atoms with Crippen LogP contribution >= 0.6 is 12.4 Å². The van der Waals surface area contributed by atoms with E-state index >= 15 is 0 Å². The van der Waals surface area contributed by atoms with E-state index in [9.17, 15) is 4.79 Å². The van der Waals surface area contributed by atoms with Gasteiger partial charge in [-0.2, -0.15) is 0 Å². The largest absolute Gasteiger partial charge is 0.494 e. The Hall–Kier alpha value is -1.26. The fourth-order valence-electron chi connectivity index (χ4n) is 2.53. The van der Waals surface area contributed by atoms with Gasteiger partial charge in [0.15, 0.2) is 0 Å². The lowest BCUT2D eigenvalue weighted by Crippen LogP contribution is -2.45. The van der Waals surface area contributed by atoms with Crippen molar-refractivity contribution in [1.29, 1.82) is 0 Å². The number of halogens is 1. The Kier molecular flexibility index (Phi) is 6.99. The zero-order valence-corrected chi connectivity index (χ0v) is 13.6. The highest BCUT2D eigenvalue weighted by atomic mass is 35.5. The summed E-state index contributed by atoms with van der Waals surface area (Å²) in [5, 5.41) is 6.43. The van der Waals surface area contributed by atoms with Gasteiger partial charge < -0.3 is 15.4 Å². The molecule has 1 atom stereocenters. The molecule has 21 heavy (non-hydrogen) atoms. The number of piperidine rings is 1. The highest BCUT2D eigenvalue weighted by molar-refractivity contribution is 5.94. The molecule has 1 aromatic carbocycles. The lowest BCUT2D eigenvalue weighted by atomic mass is 9.83. The molecule has 2 rings (SSSR count). The van der Waals surface area contributed by atoms with Crippen LogP contribution in [0.4, 0.5) is 0 Å². The third kappa shape index (κ3) is 5.21. The molecule has 5 heteroatoms. The van der Waals surface area contributed by atoms with E-state index in [1.807, 2.05) is 31.2 Å². The summed E-state index contributed by atoms with van der Waals surface area (Å²) in [6, 6.07) is 7.29. The van der Waals surface area contributed by atoms with Crippen molar-refractivity contribution in [3.63, 3.8) is 0 Å². The maximum atomic E-state index is 12.1. The van der Waals surface area contributed by atoms with Crippen LogP contribution in [0.25, 0.3) is 0 Å². The second-order valence-corrected chi connectivity index (χ2v) is 5.73. The van der Waals surface area contributed by atoms with E-state index in [1.165, 1.54) is 6.42 Å². The number of ether oxygens (including phenoxy) is 1. The summed E-state index contributed by atoms with van der Waals surface area (Å²) in [4.78, 5) is 12.1. The third-order valence-electron chi connectivity index (χ3n) is 3.79. The average molecular weight is 313 g/mol. The monoisotopic (exact) mass is 312 g/mol. The molecular formula is C16H25ClN2O2. The lowest BCUT2D eigenvalue weighted by Gasteiger charge is -2.34. The number of hydrogen-bond acceptors (Lipinski definition) is 3. The zero-order valence-electron chi connectivity index (χ0n) is 12.8. The van der Waals surface area contributed by atoms with Gasteiger partial charge >= 0.3 is 0 Å². The van der Waals surface area contributed by atoms with Crippen molar-refractivity contribution in [1.82, 2.24) is 10.6 Å². The lowest BCUT2D eigenvalue weighted by molar-refractivity contribution is 0.0924. The van der Waals surface area contributed by atoms with Gasteiger partial charge in [-0.15, -0.1) is 12.4 Å². The standard InChI is InChI=1S/C16H24N2O2.ClH/c1-3-20-14-7-5-13(6-8-14)15(19)18-12-16(2)9-4-10-17-11-16;/h5-8,17H,3-4,9-12H2,1-2H3,(H,18,19);1H. The molecule has 0 aliphatic carbocycles. The van der Waals surface area contributed by atoms with E-state index in [2.05, 4.69) is 17.6 Å². The predicted octanol–water partition coefficient (Wildman–Crippen LogP) is 2.63. The predicted molar refractivity (Wildman–Crippen MR) is 87.4 cm³/mol. The molecule has 4 nitrogen and oxygen atoms in total. The minimum Gasteiger partial charge on any atom is -0.494 e. The van der Waals surface area contributed by atoms with Gasteiger partial charge in [0.2, 0.25) is 0 Å². The zero-order chi connectivity index (χ0) is 14.4. The van der Waals surface area contributed by atoms with Crippen LogP contribution in [-0.2, 0) is 0 Å². The van der Waals surface area contributed by atoms with Crippen LogP contribution in [0, 0.1) is 5.41 Å². The summed E-state index contributed by atoms with van der Waals surface area (Å²) < 4.78 is 5.37. The number of hydrogen-bond donors (Lipinski definition) is 2. The first-order valence-corrected chi connectivity index (χ1v) is 7.35. The van der Waals surface area contributed by atoms with Gasteiger partial charge in [0.25, 0.3) is 5.91 Å². The summed E-state index contributed by atoms with van der Waals surface area (Å²) >= 11 is 0. The van der Waals surface area contributed by atoms with Crippen molar-refractivity contribution in [2.24, 2.45) is 5.41 Å². The van der Waals surface area contributed by atoms with E-state index < -0.39 is 0 Å². The smallest absolute Gasteiger partial charge is 0.251 e. The van der Waals surface area contributed by atoms with Crippen LogP contribution in [0.2, 0.25) is 0 Å². The summed E-state index contributed by atoms with van der Waals surface area (Å²) in [5.74, 6) is 0.785. The molecule has 1 heterocycles. The van der Waals surface area contributed by atoms with E-state index in [0.717, 1.165) is 25.3 Å². The molecule has 1 saturated heterocycles. The molecular weight excluding hydrogens is 288 g/mol. The molecule has 0 aromatic heterocycles. The first kappa shape index (κ1) is 17.8. The van der Waals surface area contributed by atoms with Crippen LogP contribution < -0.4 is 15.4 Å². The van der Waals surface area contributed by atoms with Gasteiger partial charge in [0.1, 0.15) is 5.75 Å². The molecule has 2 N–H and O–H groups in total.